The van der Waals surface area contributed by atoms with Gasteiger partial charge in [-0.15, -0.1) is 24.0 Å². The summed E-state index contributed by atoms with van der Waals surface area (Å²) in [5, 5.41) is 6.09. The highest BCUT2D eigenvalue weighted by Crippen LogP contribution is 2.04. The van der Waals surface area contributed by atoms with Crippen molar-refractivity contribution in [3.63, 3.8) is 0 Å². The van der Waals surface area contributed by atoms with Crippen LogP contribution in [0, 0.1) is 0 Å². The van der Waals surface area contributed by atoms with Crippen molar-refractivity contribution < 1.29 is 13.2 Å². The molecule has 25 heavy (non-hydrogen) atoms. The Morgan fingerprint density at radius 3 is 2.40 bits per heavy atom. The quantitative estimate of drug-likeness (QED) is 0.280. The van der Waals surface area contributed by atoms with Crippen LogP contribution in [-0.4, -0.2) is 53.0 Å². The summed E-state index contributed by atoms with van der Waals surface area (Å²) in [6.07, 6.45) is 0. The number of nitrogens with zero attached hydrogens (tertiary/aromatic N) is 1. The van der Waals surface area contributed by atoms with Crippen molar-refractivity contribution in [2.24, 2.45) is 4.99 Å². The number of nitrogens with one attached hydrogen (secondary N) is 3. The molecule has 0 unspecified atom stereocenters. The summed E-state index contributed by atoms with van der Waals surface area (Å²) < 4.78 is 31.9. The van der Waals surface area contributed by atoms with Gasteiger partial charge in [-0.2, -0.15) is 0 Å². The Morgan fingerprint density at radius 1 is 1.20 bits per heavy atom. The second-order valence-electron chi connectivity index (χ2n) is 5.94. The third kappa shape index (κ3) is 10.6. The molecular formula is C16H29IN4O3S. The van der Waals surface area contributed by atoms with Crippen LogP contribution in [-0.2, 0) is 21.3 Å². The number of guanidine groups is 1. The summed E-state index contributed by atoms with van der Waals surface area (Å²) in [5.74, 6) is 0.507. The second-order valence-corrected chi connectivity index (χ2v) is 7.87. The number of hydrogen-bond acceptors (Lipinski definition) is 4. The number of rotatable bonds is 9. The van der Waals surface area contributed by atoms with Gasteiger partial charge >= 0.3 is 0 Å². The first kappa shape index (κ1) is 24.1. The van der Waals surface area contributed by atoms with Gasteiger partial charge in [-0.3, -0.25) is 4.99 Å². The molecule has 1 rings (SSSR count). The van der Waals surface area contributed by atoms with Crippen LogP contribution in [0.4, 0.5) is 0 Å². The van der Waals surface area contributed by atoms with Gasteiger partial charge in [-0.25, -0.2) is 13.1 Å². The highest BCUT2D eigenvalue weighted by atomic mass is 127. The third-order valence-corrected chi connectivity index (χ3v) is 4.79. The van der Waals surface area contributed by atoms with Crippen molar-refractivity contribution >= 4 is 40.0 Å². The van der Waals surface area contributed by atoms with E-state index in [0.717, 1.165) is 5.56 Å². The predicted molar refractivity (Wildman–Crippen MR) is 113 cm³/mol. The summed E-state index contributed by atoms with van der Waals surface area (Å²) in [5.41, 5.74) is 0.592. The Kier molecular flexibility index (Phi) is 11.2. The zero-order chi connectivity index (χ0) is 18.1. The first-order valence-corrected chi connectivity index (χ1v) is 9.44. The molecule has 3 N–H and O–H groups in total. The van der Waals surface area contributed by atoms with Crippen LogP contribution in [0.2, 0.25) is 0 Å². The zero-order valence-corrected chi connectivity index (χ0v) is 18.4. The van der Waals surface area contributed by atoms with E-state index in [1.54, 1.807) is 14.2 Å². The first-order valence-electron chi connectivity index (χ1n) is 7.79. The fraction of sp³-hybridized carbons (Fsp3) is 0.562. The minimum absolute atomic E-state index is 0. The Morgan fingerprint density at radius 2 is 1.84 bits per heavy atom. The number of aliphatic imine (C=N–C) groups is 1. The third-order valence-electron chi connectivity index (χ3n) is 3.46. The van der Waals surface area contributed by atoms with Crippen molar-refractivity contribution in [1.82, 2.24) is 15.4 Å². The van der Waals surface area contributed by atoms with Gasteiger partial charge in [0.25, 0.3) is 0 Å². The molecule has 144 valence electrons. The number of sulfonamides is 1. The van der Waals surface area contributed by atoms with Gasteiger partial charge in [0.1, 0.15) is 0 Å². The van der Waals surface area contributed by atoms with Gasteiger partial charge in [0, 0.05) is 33.8 Å². The molecule has 1 aromatic carbocycles. The monoisotopic (exact) mass is 484 g/mol. The topological polar surface area (TPSA) is 91.8 Å². The molecule has 0 aliphatic heterocycles. The Hall–Kier alpha value is -0.910. The van der Waals surface area contributed by atoms with Crippen LogP contribution in [0.5, 0.6) is 0 Å². The molecule has 9 heteroatoms. The van der Waals surface area contributed by atoms with Crippen LogP contribution < -0.4 is 15.4 Å². The number of hydrogen-bond donors (Lipinski definition) is 3. The highest BCUT2D eigenvalue weighted by Gasteiger charge is 2.16. The van der Waals surface area contributed by atoms with E-state index in [1.165, 1.54) is 0 Å². The maximum Gasteiger partial charge on any atom is 0.213 e. The lowest BCUT2D eigenvalue weighted by Gasteiger charge is -2.24. The SMILES string of the molecule is CN=C(NCCS(=O)(=O)NCc1ccccc1)NCC(C)(C)OC.I. The molecule has 0 amide bonds. The van der Waals surface area contributed by atoms with E-state index in [0.29, 0.717) is 12.5 Å². The highest BCUT2D eigenvalue weighted by molar-refractivity contribution is 14.0. The van der Waals surface area contributed by atoms with E-state index < -0.39 is 10.0 Å². The van der Waals surface area contributed by atoms with Gasteiger partial charge in [-0.1, -0.05) is 30.3 Å². The van der Waals surface area contributed by atoms with Gasteiger partial charge in [-0.05, 0) is 19.4 Å². The fourth-order valence-electron chi connectivity index (χ4n) is 1.75. The fourth-order valence-corrected chi connectivity index (χ4v) is 2.66. The summed E-state index contributed by atoms with van der Waals surface area (Å²) in [6.45, 7) is 5.01. The van der Waals surface area contributed by atoms with Gasteiger partial charge in [0.15, 0.2) is 5.96 Å². The van der Waals surface area contributed by atoms with E-state index in [2.05, 4.69) is 20.3 Å². The van der Waals surface area contributed by atoms with E-state index in [9.17, 15) is 8.42 Å². The molecule has 0 spiro atoms. The van der Waals surface area contributed by atoms with Crippen molar-refractivity contribution in [3.05, 3.63) is 35.9 Å². The molecular weight excluding hydrogens is 455 g/mol. The Labute approximate surface area is 168 Å². The molecule has 0 saturated heterocycles. The predicted octanol–water partition coefficient (Wildman–Crippen LogP) is 1.31. The molecule has 0 heterocycles. The van der Waals surface area contributed by atoms with E-state index in [1.807, 2.05) is 44.2 Å². The Balaban J connectivity index is 0.00000576. The normalized spacial score (nSPS) is 12.4. The van der Waals surface area contributed by atoms with Gasteiger partial charge in [0.2, 0.25) is 10.0 Å². The van der Waals surface area contributed by atoms with Crippen LogP contribution in [0.3, 0.4) is 0 Å². The summed E-state index contributed by atoms with van der Waals surface area (Å²) in [6, 6.07) is 9.41. The van der Waals surface area contributed by atoms with Crippen molar-refractivity contribution in [2.45, 2.75) is 26.0 Å². The van der Waals surface area contributed by atoms with Crippen molar-refractivity contribution in [1.29, 1.82) is 0 Å². The van der Waals surface area contributed by atoms with Crippen molar-refractivity contribution in [3.8, 4) is 0 Å². The minimum atomic E-state index is -3.35. The summed E-state index contributed by atoms with van der Waals surface area (Å²) in [4.78, 5) is 4.06. The van der Waals surface area contributed by atoms with E-state index in [-0.39, 0.29) is 48.4 Å². The average Bonchev–Trinajstić information content (AvgIpc) is 2.57. The standard InChI is InChI=1S/C16H28N4O3S.HI/c1-16(2,23-4)13-19-15(17-3)18-10-11-24(21,22)20-12-14-8-6-5-7-9-14;/h5-9,20H,10-13H2,1-4H3,(H2,17,18,19);1H. The smallest absolute Gasteiger partial charge is 0.213 e. The number of ether oxygens (including phenoxy) is 1. The van der Waals surface area contributed by atoms with Crippen LogP contribution in [0.25, 0.3) is 0 Å². The zero-order valence-electron chi connectivity index (χ0n) is 15.2. The lowest BCUT2D eigenvalue weighted by atomic mass is 10.1. The van der Waals surface area contributed by atoms with E-state index in [4.69, 9.17) is 4.74 Å². The number of methoxy groups -OCH3 is 1. The molecule has 0 aliphatic carbocycles. The van der Waals surface area contributed by atoms with Crippen LogP contribution in [0.15, 0.2) is 35.3 Å². The largest absolute Gasteiger partial charge is 0.377 e. The molecule has 0 bridgehead atoms. The second kappa shape index (κ2) is 11.7. The first-order chi connectivity index (χ1) is 11.3. The van der Waals surface area contributed by atoms with E-state index >= 15 is 0 Å². The lowest BCUT2D eigenvalue weighted by Crippen LogP contribution is -2.46. The maximum atomic E-state index is 12.0. The molecule has 0 fully saturated rings. The number of benzene rings is 1. The molecule has 0 radical (unpaired) electrons. The molecule has 0 atom stereocenters. The summed E-state index contributed by atoms with van der Waals surface area (Å²) >= 11 is 0. The maximum absolute atomic E-state index is 12.0. The van der Waals surface area contributed by atoms with Crippen LogP contribution >= 0.6 is 24.0 Å². The molecule has 7 nitrogen and oxygen atoms in total. The molecule has 0 aromatic heterocycles. The lowest BCUT2D eigenvalue weighted by molar-refractivity contribution is 0.0268. The van der Waals surface area contributed by atoms with Crippen LogP contribution in [0.1, 0.15) is 19.4 Å². The van der Waals surface area contributed by atoms with Crippen molar-refractivity contribution in [2.75, 3.05) is 33.0 Å². The summed E-state index contributed by atoms with van der Waals surface area (Å²) in [7, 11) is -0.0737. The van der Waals surface area contributed by atoms with Gasteiger partial charge < -0.3 is 15.4 Å². The minimum Gasteiger partial charge on any atom is -0.377 e. The molecule has 0 saturated carbocycles. The molecule has 1 aromatic rings. The average molecular weight is 484 g/mol. The Bertz CT molecular complexity index is 622. The van der Waals surface area contributed by atoms with Gasteiger partial charge in [0.05, 0.1) is 11.4 Å². The number of halogens is 1. The molecule has 0 aliphatic rings.